The Morgan fingerprint density at radius 3 is 1.89 bits per heavy atom. The number of ether oxygens (including phenoxy) is 4. The van der Waals surface area contributed by atoms with Crippen molar-refractivity contribution in [2.45, 2.75) is 140 Å². The van der Waals surface area contributed by atoms with Gasteiger partial charge in [-0.1, -0.05) is 27.7 Å². The van der Waals surface area contributed by atoms with Crippen molar-refractivity contribution in [3.05, 3.63) is 0 Å². The van der Waals surface area contributed by atoms with Crippen LogP contribution in [-0.4, -0.2) is 47.6 Å². The van der Waals surface area contributed by atoms with Crippen molar-refractivity contribution in [2.24, 2.45) is 35.5 Å². The lowest BCUT2D eigenvalue weighted by Gasteiger charge is -2.40. The minimum absolute atomic E-state index is 0.0707. The van der Waals surface area contributed by atoms with E-state index < -0.39 is 11.8 Å². The van der Waals surface area contributed by atoms with Crippen LogP contribution < -0.4 is 0 Å². The van der Waals surface area contributed by atoms with Crippen molar-refractivity contribution < 1.29 is 28.5 Å². The van der Waals surface area contributed by atoms with Gasteiger partial charge in [-0.05, 0) is 88.9 Å². The molecular weight excluding hydrogens is 456 g/mol. The van der Waals surface area contributed by atoms with E-state index >= 15 is 0 Å². The normalized spacial score (nSPS) is 47.9. The molecule has 6 aliphatic rings. The molecule has 3 saturated heterocycles. The van der Waals surface area contributed by atoms with Crippen LogP contribution in [0.4, 0.5) is 0 Å². The zero-order chi connectivity index (χ0) is 25.2. The van der Waals surface area contributed by atoms with Gasteiger partial charge in [-0.25, -0.2) is 0 Å². The molecule has 0 spiro atoms. The van der Waals surface area contributed by atoms with Gasteiger partial charge in [0.1, 0.15) is 11.2 Å². The van der Waals surface area contributed by atoms with Gasteiger partial charge in [0.25, 0.3) is 0 Å². The third kappa shape index (κ3) is 3.63. The largest absolute Gasteiger partial charge is 0.459 e. The molecule has 202 valence electrons. The lowest BCUT2D eigenvalue weighted by molar-refractivity contribution is -0.183. The lowest BCUT2D eigenvalue weighted by atomic mass is 9.65. The number of carbonyl (C=O) groups excluding carboxylic acids is 2. The van der Waals surface area contributed by atoms with E-state index in [2.05, 4.69) is 27.7 Å². The Morgan fingerprint density at radius 2 is 1.42 bits per heavy atom. The lowest BCUT2D eigenvalue weighted by Crippen LogP contribution is -2.52. The minimum atomic E-state index is -0.589. The summed E-state index contributed by atoms with van der Waals surface area (Å²) in [4.78, 5) is 28.1. The topological polar surface area (TPSA) is 71.1 Å². The van der Waals surface area contributed by atoms with Crippen molar-refractivity contribution in [2.75, 3.05) is 0 Å². The minimum Gasteiger partial charge on any atom is -0.459 e. The molecule has 3 aliphatic heterocycles. The van der Waals surface area contributed by atoms with Crippen molar-refractivity contribution in [3.63, 3.8) is 0 Å². The van der Waals surface area contributed by atoms with Crippen LogP contribution >= 0.6 is 0 Å². The SMILES string of the molecule is CCC1OC(CC)C2C3OC(C(C(=O)OC4(CC)CCCC4)C3C(=O)OC3(CC)CC4CCC3C4)C12. The van der Waals surface area contributed by atoms with E-state index in [1.54, 1.807) is 0 Å². The molecule has 11 unspecified atom stereocenters. The van der Waals surface area contributed by atoms with Gasteiger partial charge in [0.2, 0.25) is 0 Å². The first-order valence-corrected chi connectivity index (χ1v) is 15.2. The molecule has 0 N–H and O–H groups in total. The number of esters is 2. The molecule has 3 saturated carbocycles. The van der Waals surface area contributed by atoms with Crippen LogP contribution in [0.2, 0.25) is 0 Å². The third-order valence-corrected chi connectivity index (χ3v) is 11.5. The van der Waals surface area contributed by atoms with E-state index in [1.165, 1.54) is 12.8 Å². The Kier molecular flexibility index (Phi) is 6.47. The van der Waals surface area contributed by atoms with E-state index in [1.807, 2.05) is 0 Å². The highest BCUT2D eigenvalue weighted by Gasteiger charge is 2.71. The molecule has 6 nitrogen and oxygen atoms in total. The van der Waals surface area contributed by atoms with Crippen LogP contribution in [0, 0.1) is 35.5 Å². The summed E-state index contributed by atoms with van der Waals surface area (Å²) < 4.78 is 25.9. The summed E-state index contributed by atoms with van der Waals surface area (Å²) in [5, 5.41) is 0. The summed E-state index contributed by atoms with van der Waals surface area (Å²) in [5.41, 5.74) is -0.752. The summed E-state index contributed by atoms with van der Waals surface area (Å²) in [6.45, 7) is 8.57. The molecule has 0 aromatic rings. The van der Waals surface area contributed by atoms with Gasteiger partial charge in [-0.2, -0.15) is 0 Å². The van der Waals surface area contributed by atoms with Crippen LogP contribution in [0.15, 0.2) is 0 Å². The molecule has 0 aromatic heterocycles. The quantitative estimate of drug-likeness (QED) is 0.403. The van der Waals surface area contributed by atoms with Crippen LogP contribution in [-0.2, 0) is 28.5 Å². The second-order valence-electron chi connectivity index (χ2n) is 12.9. The van der Waals surface area contributed by atoms with Crippen LogP contribution in [0.25, 0.3) is 0 Å². The Labute approximate surface area is 216 Å². The highest BCUT2D eigenvalue weighted by Crippen LogP contribution is 2.60. The molecule has 6 heteroatoms. The Balaban J connectivity index is 1.30. The summed E-state index contributed by atoms with van der Waals surface area (Å²) in [5.74, 6) is -0.203. The first-order valence-electron chi connectivity index (χ1n) is 15.2. The number of rotatable bonds is 8. The van der Waals surface area contributed by atoms with E-state index in [-0.39, 0.29) is 59.4 Å². The smallest absolute Gasteiger partial charge is 0.313 e. The number of fused-ring (bicyclic) bond motifs is 7. The van der Waals surface area contributed by atoms with E-state index in [4.69, 9.17) is 18.9 Å². The molecule has 0 radical (unpaired) electrons. The predicted octanol–water partition coefficient (Wildman–Crippen LogP) is 5.60. The molecule has 3 heterocycles. The summed E-state index contributed by atoms with van der Waals surface area (Å²) >= 11 is 0. The molecule has 3 aliphatic carbocycles. The van der Waals surface area contributed by atoms with Gasteiger partial charge in [0, 0.05) is 11.8 Å². The van der Waals surface area contributed by atoms with Gasteiger partial charge in [-0.15, -0.1) is 0 Å². The first-order chi connectivity index (χ1) is 17.4. The standard InChI is InChI=1S/C30H46O6/c1-5-19-21-22(20(6-2)33-19)26-24(28(32)36-30(8-4)16-17-11-12-18(30)15-17)23(25(21)34-26)27(31)35-29(7-3)13-9-10-14-29/h17-26H,5-16H2,1-4H3. The monoisotopic (exact) mass is 502 g/mol. The molecule has 0 amide bonds. The van der Waals surface area contributed by atoms with E-state index in [9.17, 15) is 9.59 Å². The molecular formula is C30H46O6. The number of carbonyl (C=O) groups is 2. The van der Waals surface area contributed by atoms with Gasteiger partial charge < -0.3 is 18.9 Å². The molecule has 6 rings (SSSR count). The van der Waals surface area contributed by atoms with Crippen LogP contribution in [0.3, 0.4) is 0 Å². The first kappa shape index (κ1) is 25.2. The maximum Gasteiger partial charge on any atom is 0.313 e. The fourth-order valence-corrected chi connectivity index (χ4v) is 9.60. The van der Waals surface area contributed by atoms with Crippen LogP contribution in [0.1, 0.15) is 105 Å². The average Bonchev–Trinajstić information content (AvgIpc) is 3.70. The molecule has 11 atom stereocenters. The fourth-order valence-electron chi connectivity index (χ4n) is 9.60. The van der Waals surface area contributed by atoms with Crippen LogP contribution in [0.5, 0.6) is 0 Å². The second kappa shape index (κ2) is 9.25. The number of hydrogen-bond donors (Lipinski definition) is 0. The molecule has 0 aromatic carbocycles. The van der Waals surface area contributed by atoms with Crippen molar-refractivity contribution in [1.82, 2.24) is 0 Å². The summed E-state index contributed by atoms with van der Waals surface area (Å²) in [7, 11) is 0. The number of hydrogen-bond acceptors (Lipinski definition) is 6. The third-order valence-electron chi connectivity index (χ3n) is 11.5. The van der Waals surface area contributed by atoms with E-state index in [0.717, 1.165) is 64.2 Å². The Hall–Kier alpha value is -1.14. The van der Waals surface area contributed by atoms with Crippen molar-refractivity contribution in [1.29, 1.82) is 0 Å². The van der Waals surface area contributed by atoms with Gasteiger partial charge in [-0.3, -0.25) is 9.59 Å². The van der Waals surface area contributed by atoms with Gasteiger partial charge in [0.15, 0.2) is 0 Å². The Bertz CT molecular complexity index is 866. The zero-order valence-corrected chi connectivity index (χ0v) is 22.7. The molecule has 4 bridgehead atoms. The molecule has 6 fully saturated rings. The predicted molar refractivity (Wildman–Crippen MR) is 134 cm³/mol. The maximum atomic E-state index is 14.1. The highest BCUT2D eigenvalue weighted by atomic mass is 16.6. The maximum absolute atomic E-state index is 14.1. The fraction of sp³-hybridized carbons (Fsp3) is 0.933. The molecule has 36 heavy (non-hydrogen) atoms. The average molecular weight is 503 g/mol. The highest BCUT2D eigenvalue weighted by molar-refractivity contribution is 5.85. The van der Waals surface area contributed by atoms with Gasteiger partial charge >= 0.3 is 11.9 Å². The Morgan fingerprint density at radius 1 is 0.806 bits per heavy atom. The zero-order valence-electron chi connectivity index (χ0n) is 22.7. The van der Waals surface area contributed by atoms with E-state index in [0.29, 0.717) is 11.8 Å². The van der Waals surface area contributed by atoms with Crippen molar-refractivity contribution >= 4 is 11.9 Å². The van der Waals surface area contributed by atoms with Gasteiger partial charge in [0.05, 0.1) is 36.3 Å². The van der Waals surface area contributed by atoms with Crippen molar-refractivity contribution in [3.8, 4) is 0 Å². The summed E-state index contributed by atoms with van der Waals surface area (Å²) in [6.07, 6.45) is 11.5. The summed E-state index contributed by atoms with van der Waals surface area (Å²) in [6, 6.07) is 0. The second-order valence-corrected chi connectivity index (χ2v) is 12.9.